The van der Waals surface area contributed by atoms with E-state index < -0.39 is 16.1 Å². The first kappa shape index (κ1) is 16.7. The van der Waals surface area contributed by atoms with Crippen LogP contribution in [0.3, 0.4) is 0 Å². The van der Waals surface area contributed by atoms with Crippen molar-refractivity contribution in [3.8, 4) is 0 Å². The summed E-state index contributed by atoms with van der Waals surface area (Å²) in [6.07, 6.45) is 3.92. The van der Waals surface area contributed by atoms with Gasteiger partial charge in [0.2, 0.25) is 10.0 Å². The van der Waals surface area contributed by atoms with Crippen LogP contribution in [0.5, 0.6) is 0 Å². The van der Waals surface area contributed by atoms with Crippen molar-refractivity contribution in [1.82, 2.24) is 14.6 Å². The number of amides is 1. The van der Waals surface area contributed by atoms with E-state index in [1.165, 1.54) is 10.5 Å². The Morgan fingerprint density at radius 3 is 2.77 bits per heavy atom. The van der Waals surface area contributed by atoms with E-state index in [0.29, 0.717) is 39.1 Å². The summed E-state index contributed by atoms with van der Waals surface area (Å²) < 4.78 is 31.2. The lowest BCUT2D eigenvalue weighted by Gasteiger charge is -2.31. The number of piperidine rings is 1. The van der Waals surface area contributed by atoms with Gasteiger partial charge in [-0.1, -0.05) is 0 Å². The monoisotopic (exact) mass is 327 g/mol. The van der Waals surface area contributed by atoms with Crippen molar-refractivity contribution in [2.24, 2.45) is 5.92 Å². The predicted molar refractivity (Wildman–Crippen MR) is 80.7 cm³/mol. The number of rotatable bonds is 5. The molecule has 0 atom stereocenters. The Morgan fingerprint density at radius 2 is 2.18 bits per heavy atom. The second-order valence-electron chi connectivity index (χ2n) is 5.14. The van der Waals surface area contributed by atoms with Gasteiger partial charge in [0.1, 0.15) is 4.90 Å². The minimum absolute atomic E-state index is 0.220. The van der Waals surface area contributed by atoms with Gasteiger partial charge in [0.05, 0.1) is 6.61 Å². The van der Waals surface area contributed by atoms with Crippen LogP contribution in [0.15, 0.2) is 29.4 Å². The molecule has 2 rings (SSSR count). The third-order valence-corrected chi connectivity index (χ3v) is 5.54. The number of carbonyl (C=O) groups excluding carboxylic acids is 1. The smallest absolute Gasteiger partial charge is 0.407 e. The summed E-state index contributed by atoms with van der Waals surface area (Å²) in [7, 11) is -3.47. The zero-order chi connectivity index (χ0) is 16.0. The highest BCUT2D eigenvalue weighted by Gasteiger charge is 2.29. The lowest BCUT2D eigenvalue weighted by molar-refractivity contribution is 0.148. The lowest BCUT2D eigenvalue weighted by atomic mass is 9.98. The lowest BCUT2D eigenvalue weighted by Crippen LogP contribution is -2.41. The van der Waals surface area contributed by atoms with Crippen molar-refractivity contribution in [2.45, 2.75) is 24.7 Å². The molecule has 1 aliphatic heterocycles. The molecule has 0 radical (unpaired) electrons. The van der Waals surface area contributed by atoms with Crippen LogP contribution in [-0.4, -0.2) is 50.0 Å². The zero-order valence-electron chi connectivity index (χ0n) is 12.6. The molecule has 1 aliphatic rings. The van der Waals surface area contributed by atoms with Gasteiger partial charge in [-0.2, -0.15) is 4.31 Å². The van der Waals surface area contributed by atoms with Crippen LogP contribution in [0.25, 0.3) is 0 Å². The summed E-state index contributed by atoms with van der Waals surface area (Å²) >= 11 is 0. The van der Waals surface area contributed by atoms with Crippen molar-refractivity contribution in [3.05, 3.63) is 24.5 Å². The van der Waals surface area contributed by atoms with Crippen LogP contribution in [0, 0.1) is 5.92 Å². The first-order chi connectivity index (χ1) is 10.5. The summed E-state index contributed by atoms with van der Waals surface area (Å²) in [5.41, 5.74) is 0. The van der Waals surface area contributed by atoms with Gasteiger partial charge in [-0.05, 0) is 37.8 Å². The highest BCUT2D eigenvalue weighted by molar-refractivity contribution is 7.89. The summed E-state index contributed by atoms with van der Waals surface area (Å²) in [5.74, 6) is 0.268. The molecule has 1 saturated heterocycles. The minimum Gasteiger partial charge on any atom is -0.450 e. The molecule has 0 saturated carbocycles. The first-order valence-electron chi connectivity index (χ1n) is 7.35. The molecule has 7 nitrogen and oxygen atoms in total. The number of alkyl carbamates (subject to hydrolysis) is 1. The summed E-state index contributed by atoms with van der Waals surface area (Å²) in [5, 5.41) is 2.70. The van der Waals surface area contributed by atoms with Crippen LogP contribution >= 0.6 is 0 Å². The minimum atomic E-state index is -3.47. The molecular formula is C14H21N3O4S. The third-order valence-electron chi connectivity index (χ3n) is 3.66. The maximum atomic E-state index is 12.4. The molecule has 0 bridgehead atoms. The third kappa shape index (κ3) is 4.17. The molecule has 1 amide bonds. The van der Waals surface area contributed by atoms with Gasteiger partial charge in [0.25, 0.3) is 0 Å². The molecular weight excluding hydrogens is 306 g/mol. The van der Waals surface area contributed by atoms with Gasteiger partial charge >= 0.3 is 6.09 Å². The number of nitrogens with one attached hydrogen (secondary N) is 1. The number of pyridine rings is 1. The molecule has 0 unspecified atom stereocenters. The second kappa shape index (κ2) is 7.55. The number of hydrogen-bond acceptors (Lipinski definition) is 5. The molecule has 122 valence electrons. The van der Waals surface area contributed by atoms with Crippen LogP contribution < -0.4 is 5.32 Å². The molecule has 1 aromatic heterocycles. The maximum Gasteiger partial charge on any atom is 0.407 e. The Kier molecular flexibility index (Phi) is 5.73. The molecule has 22 heavy (non-hydrogen) atoms. The number of sulfonamides is 1. The van der Waals surface area contributed by atoms with E-state index in [4.69, 9.17) is 4.74 Å². The van der Waals surface area contributed by atoms with Crippen molar-refractivity contribution < 1.29 is 17.9 Å². The highest BCUT2D eigenvalue weighted by atomic mass is 32.2. The number of nitrogens with zero attached hydrogens (tertiary/aromatic N) is 2. The van der Waals surface area contributed by atoms with E-state index in [2.05, 4.69) is 10.3 Å². The maximum absolute atomic E-state index is 12.4. The van der Waals surface area contributed by atoms with Crippen molar-refractivity contribution in [2.75, 3.05) is 26.2 Å². The van der Waals surface area contributed by atoms with Crippen LogP contribution in [0.1, 0.15) is 19.8 Å². The second-order valence-corrected chi connectivity index (χ2v) is 7.08. The summed E-state index contributed by atoms with van der Waals surface area (Å²) in [4.78, 5) is 15.3. The Balaban J connectivity index is 1.86. The van der Waals surface area contributed by atoms with Gasteiger partial charge in [0.15, 0.2) is 0 Å². The van der Waals surface area contributed by atoms with E-state index in [1.807, 2.05) is 0 Å². The topological polar surface area (TPSA) is 88.6 Å². The van der Waals surface area contributed by atoms with Crippen LogP contribution in [-0.2, 0) is 14.8 Å². The molecule has 2 heterocycles. The Morgan fingerprint density at radius 1 is 1.45 bits per heavy atom. The predicted octanol–water partition coefficient (Wildman–Crippen LogP) is 1.23. The number of carbonyl (C=O) groups is 1. The number of hydrogen-bond donors (Lipinski definition) is 1. The fourth-order valence-electron chi connectivity index (χ4n) is 2.41. The molecule has 1 aromatic rings. The van der Waals surface area contributed by atoms with Crippen molar-refractivity contribution in [3.63, 3.8) is 0 Å². The van der Waals surface area contributed by atoms with Crippen LogP contribution in [0.2, 0.25) is 0 Å². The number of ether oxygens (including phenoxy) is 1. The fraction of sp³-hybridized carbons (Fsp3) is 0.571. The van der Waals surface area contributed by atoms with E-state index >= 15 is 0 Å². The van der Waals surface area contributed by atoms with E-state index in [9.17, 15) is 13.2 Å². The van der Waals surface area contributed by atoms with Gasteiger partial charge in [-0.15, -0.1) is 0 Å². The van der Waals surface area contributed by atoms with Gasteiger partial charge in [-0.25, -0.2) is 13.2 Å². The average molecular weight is 327 g/mol. The Bertz CT molecular complexity index is 583. The zero-order valence-corrected chi connectivity index (χ0v) is 13.4. The standard InChI is InChI=1S/C14H21N3O4S/c1-2-21-14(18)16-10-12-5-8-17(9-6-12)22(19,20)13-4-3-7-15-11-13/h3-4,7,11-12H,2,5-6,8-10H2,1H3,(H,16,18). The first-order valence-corrected chi connectivity index (χ1v) is 8.79. The van der Waals surface area contributed by atoms with E-state index in [0.717, 1.165) is 0 Å². The average Bonchev–Trinajstić information content (AvgIpc) is 2.54. The van der Waals surface area contributed by atoms with Crippen LogP contribution in [0.4, 0.5) is 4.79 Å². The molecule has 0 aliphatic carbocycles. The SMILES string of the molecule is CCOC(=O)NCC1CCN(S(=O)(=O)c2cccnc2)CC1. The van der Waals surface area contributed by atoms with Gasteiger partial charge < -0.3 is 10.1 Å². The highest BCUT2D eigenvalue weighted by Crippen LogP contribution is 2.22. The largest absolute Gasteiger partial charge is 0.450 e. The van der Waals surface area contributed by atoms with E-state index in [-0.39, 0.29) is 10.8 Å². The summed E-state index contributed by atoms with van der Waals surface area (Å²) in [6, 6.07) is 3.17. The Labute approximate surface area is 130 Å². The number of aromatic nitrogens is 1. The fourth-order valence-corrected chi connectivity index (χ4v) is 3.85. The molecule has 1 N–H and O–H groups in total. The Hall–Kier alpha value is -1.67. The molecule has 0 aromatic carbocycles. The molecule has 0 spiro atoms. The molecule has 8 heteroatoms. The van der Waals surface area contributed by atoms with Gasteiger partial charge in [0, 0.05) is 32.0 Å². The van der Waals surface area contributed by atoms with E-state index in [1.54, 1.807) is 25.3 Å². The summed E-state index contributed by atoms with van der Waals surface area (Å²) in [6.45, 7) is 3.51. The quantitative estimate of drug-likeness (QED) is 0.878. The van der Waals surface area contributed by atoms with Crippen molar-refractivity contribution in [1.29, 1.82) is 0 Å². The van der Waals surface area contributed by atoms with Crippen molar-refractivity contribution >= 4 is 16.1 Å². The van der Waals surface area contributed by atoms with Gasteiger partial charge in [-0.3, -0.25) is 4.98 Å². The normalized spacial score (nSPS) is 17.1. The molecule has 1 fully saturated rings.